The number of H-pyrrole nitrogens is 6. The average Bonchev–Trinajstić information content (AvgIpc) is 1.43. The molecule has 12 nitrogen and oxygen atoms in total. The quantitative estimate of drug-likeness (QED) is 0.0882. The molecule has 6 N–H and O–H groups in total. The standard InChI is InChI=1S/C12H12.3C10H11N.2C10H10S.3C9H10N2.3C9H9NS.C6H8S/c1-9-3-5-12-8-10(2)4-6-11(12)7-9;2*1-7-3-4-10-9(5-7)6-8(2)11-10;1-7-3-4-9-8(2)6-11-10(9)5-7;1-7-3-4-10-9(5-7)6-8(2)11-10;1-7-3-4-9-6-8(2)11-10(9)5-7;1-6-4-11-9-3-7(2)10-5-8(6)9;1-6-3-8-4-7(2)11-9(8)10-5-6;1-6-5-10-9-8(6)4-3-7(2)11-9;1-6-3-9-8(10-5-6)4-7(2)11-9;1-6-3-4-9-8(10-6)5-7(2)11-9;1-6-3-4-8-5-7(2)11-9(8)10-6;1-5-3-4-6(2)7-5/h3-8H,1-2H3;3*3-6,11H,1-2H3;2*3-6H,1-2H3;3-5,11H,1-2H3;2*3-5H,1-2H3,(H,10,11);3*3-5H,1-2H3;3-4H,1-2H3. The number of hydrogen-bond acceptors (Lipinski definition) is 12. The van der Waals surface area contributed by atoms with E-state index in [1.54, 1.807) is 34.0 Å². The molecular formula is C122H130N12S6. The van der Waals surface area contributed by atoms with Crippen LogP contribution in [-0.2, 0) is 0 Å². The Kier molecular flexibility index (Phi) is 35.9. The Morgan fingerprint density at radius 2 is 0.614 bits per heavy atom. The van der Waals surface area contributed by atoms with E-state index in [9.17, 15) is 0 Å². The number of aromatic nitrogens is 12. The molecule has 25 aromatic rings. The summed E-state index contributed by atoms with van der Waals surface area (Å²) in [6.45, 7) is 54.4. The minimum absolute atomic E-state index is 0.980. The summed E-state index contributed by atoms with van der Waals surface area (Å²) in [5.41, 5.74) is 32.6. The number of thiophene rings is 6. The molecule has 25 rings (SSSR count). The summed E-state index contributed by atoms with van der Waals surface area (Å²) < 4.78 is 5.38. The fourth-order valence-corrected chi connectivity index (χ4v) is 21.4. The van der Waals surface area contributed by atoms with Crippen LogP contribution in [0.4, 0.5) is 0 Å². The first kappa shape index (κ1) is 104. The molecule has 0 saturated carbocycles. The Morgan fingerprint density at radius 3 is 1.25 bits per heavy atom. The largest absolute Gasteiger partial charge is 0.361 e. The lowest BCUT2D eigenvalue weighted by Crippen LogP contribution is -1.80. The Bertz CT molecular complexity index is 7220. The van der Waals surface area contributed by atoms with E-state index in [-0.39, 0.29) is 0 Å². The minimum Gasteiger partial charge on any atom is -0.361 e. The van der Waals surface area contributed by atoms with E-state index in [1.165, 1.54) is 212 Å². The van der Waals surface area contributed by atoms with Crippen molar-refractivity contribution in [3.8, 4) is 0 Å². The van der Waals surface area contributed by atoms with E-state index in [4.69, 9.17) is 0 Å². The van der Waals surface area contributed by atoms with Crippen molar-refractivity contribution >= 4 is 195 Å². The van der Waals surface area contributed by atoms with Gasteiger partial charge in [0.15, 0.2) is 0 Å². The second-order valence-corrected chi connectivity index (χ2v) is 44.5. The molecule has 18 heterocycles. The van der Waals surface area contributed by atoms with Crippen molar-refractivity contribution in [3.63, 3.8) is 0 Å². The normalized spacial score (nSPS) is 10.6. The van der Waals surface area contributed by atoms with Crippen LogP contribution < -0.4 is 0 Å². The first-order valence-electron chi connectivity index (χ1n) is 47.2. The molecule has 714 valence electrons. The van der Waals surface area contributed by atoms with Gasteiger partial charge in [-0.2, -0.15) is 0 Å². The van der Waals surface area contributed by atoms with Crippen molar-refractivity contribution in [1.29, 1.82) is 0 Å². The summed E-state index contributed by atoms with van der Waals surface area (Å²) in [5, 5.41) is 14.3. The Hall–Kier alpha value is -13.6. The summed E-state index contributed by atoms with van der Waals surface area (Å²) in [7, 11) is 0. The highest BCUT2D eigenvalue weighted by Gasteiger charge is 2.08. The van der Waals surface area contributed by atoms with Crippen LogP contribution in [0, 0.1) is 180 Å². The van der Waals surface area contributed by atoms with Gasteiger partial charge < -0.3 is 29.9 Å². The van der Waals surface area contributed by atoms with Gasteiger partial charge >= 0.3 is 0 Å². The molecule has 0 aliphatic rings. The Morgan fingerprint density at radius 1 is 0.200 bits per heavy atom. The highest BCUT2D eigenvalue weighted by atomic mass is 32.1. The molecule has 140 heavy (non-hydrogen) atoms. The molecule has 0 atom stereocenters. The minimum atomic E-state index is 0.980. The number of nitrogens with zero attached hydrogens (tertiary/aromatic N) is 6. The van der Waals surface area contributed by atoms with Crippen molar-refractivity contribution in [2.24, 2.45) is 0 Å². The number of aryl methyl sites for hydroxylation is 26. The van der Waals surface area contributed by atoms with E-state index < -0.39 is 0 Å². The number of aromatic amines is 6. The van der Waals surface area contributed by atoms with Crippen molar-refractivity contribution in [3.05, 3.63) is 421 Å². The molecule has 0 bridgehead atoms. The van der Waals surface area contributed by atoms with Crippen LogP contribution in [-0.4, -0.2) is 59.8 Å². The first-order valence-corrected chi connectivity index (χ1v) is 52.1. The van der Waals surface area contributed by atoms with E-state index in [1.807, 2.05) is 112 Å². The maximum absolute atomic E-state index is 4.42. The number of nitrogens with one attached hydrogen (secondary N) is 6. The predicted molar refractivity (Wildman–Crippen MR) is 617 cm³/mol. The van der Waals surface area contributed by atoms with Gasteiger partial charge in [-0.3, -0.25) is 15.0 Å². The van der Waals surface area contributed by atoms with Gasteiger partial charge in [0.1, 0.15) is 16.1 Å². The predicted octanol–water partition coefficient (Wildman–Crippen LogP) is 36.5. The van der Waals surface area contributed by atoms with Crippen molar-refractivity contribution < 1.29 is 0 Å². The van der Waals surface area contributed by atoms with Gasteiger partial charge in [-0.25, -0.2) is 15.0 Å². The number of rotatable bonds is 0. The number of fused-ring (bicyclic) bond motifs is 12. The van der Waals surface area contributed by atoms with Crippen LogP contribution in [0.1, 0.15) is 141 Å². The van der Waals surface area contributed by atoms with E-state index in [2.05, 4.69) is 442 Å². The van der Waals surface area contributed by atoms with Crippen LogP contribution in [0.5, 0.6) is 0 Å². The second-order valence-electron chi connectivity index (χ2n) is 36.6. The fourth-order valence-electron chi connectivity index (χ4n) is 16.0. The van der Waals surface area contributed by atoms with Gasteiger partial charge in [-0.05, 0) is 403 Å². The fraction of sp³-hybridized carbons (Fsp3) is 0.213. The van der Waals surface area contributed by atoms with Crippen LogP contribution in [0.15, 0.2) is 280 Å². The number of hydrogen-bond donors (Lipinski definition) is 6. The van der Waals surface area contributed by atoms with Gasteiger partial charge in [0, 0.05) is 170 Å². The summed E-state index contributed by atoms with van der Waals surface area (Å²) >= 11 is 10.9. The summed E-state index contributed by atoms with van der Waals surface area (Å²) in [6.07, 6.45) is 11.7. The monoisotopic (exact) mass is 1950 g/mol. The third-order valence-electron chi connectivity index (χ3n) is 22.9. The zero-order valence-electron chi connectivity index (χ0n) is 85.7. The molecule has 0 aliphatic carbocycles. The van der Waals surface area contributed by atoms with Crippen molar-refractivity contribution in [2.45, 2.75) is 180 Å². The van der Waals surface area contributed by atoms with Crippen LogP contribution >= 0.6 is 68.0 Å². The third kappa shape index (κ3) is 30.0. The zero-order chi connectivity index (χ0) is 100. The maximum atomic E-state index is 4.42. The zero-order valence-corrected chi connectivity index (χ0v) is 90.6. The van der Waals surface area contributed by atoms with E-state index >= 15 is 0 Å². The summed E-state index contributed by atoms with van der Waals surface area (Å²) in [5.74, 6) is 0. The highest BCUT2D eigenvalue weighted by Crippen LogP contribution is 2.31. The van der Waals surface area contributed by atoms with Crippen molar-refractivity contribution in [1.82, 2.24) is 59.8 Å². The van der Waals surface area contributed by atoms with Crippen LogP contribution in [0.3, 0.4) is 0 Å². The molecule has 18 aromatic heterocycles. The molecule has 7 aromatic carbocycles. The van der Waals surface area contributed by atoms with Gasteiger partial charge in [-0.1, -0.05) is 119 Å². The molecular weight excluding hydrogens is 1830 g/mol. The second kappa shape index (κ2) is 48.3. The van der Waals surface area contributed by atoms with Gasteiger partial charge in [0.2, 0.25) is 0 Å². The molecule has 0 amide bonds. The van der Waals surface area contributed by atoms with Gasteiger partial charge in [-0.15, -0.1) is 68.0 Å². The van der Waals surface area contributed by atoms with Crippen LogP contribution in [0.2, 0.25) is 0 Å². The molecule has 0 fully saturated rings. The Labute approximate surface area is 848 Å². The topological polar surface area (TPSA) is 172 Å². The molecule has 0 unspecified atom stereocenters. The Balaban J connectivity index is 0.000000128. The van der Waals surface area contributed by atoms with Crippen LogP contribution in [0.25, 0.3) is 127 Å². The lowest BCUT2D eigenvalue weighted by Gasteiger charge is -1.99. The maximum Gasteiger partial charge on any atom is 0.137 e. The summed E-state index contributed by atoms with van der Waals surface area (Å²) in [4.78, 5) is 56.0. The first-order chi connectivity index (χ1) is 66.9. The smallest absolute Gasteiger partial charge is 0.137 e. The molecule has 0 radical (unpaired) electrons. The molecule has 18 heteroatoms. The van der Waals surface area contributed by atoms with Gasteiger partial charge in [0.25, 0.3) is 0 Å². The lowest BCUT2D eigenvalue weighted by atomic mass is 10.1. The molecule has 0 spiro atoms. The molecule has 0 aliphatic heterocycles. The van der Waals surface area contributed by atoms with E-state index in [0.717, 1.165) is 55.6 Å². The van der Waals surface area contributed by atoms with Crippen molar-refractivity contribution in [2.75, 3.05) is 0 Å². The number of benzene rings is 7. The van der Waals surface area contributed by atoms with Gasteiger partial charge in [0.05, 0.1) is 20.4 Å². The lowest BCUT2D eigenvalue weighted by molar-refractivity contribution is 1.22. The average molecular weight is 1960 g/mol. The highest BCUT2D eigenvalue weighted by molar-refractivity contribution is 7.20. The number of pyridine rings is 6. The molecule has 0 saturated heterocycles. The third-order valence-corrected chi connectivity index (χ3v) is 28.8. The SMILES string of the molecule is Cc1cc2[nH]cc(C)c2cn1.Cc1ccc(C)s1.Cc1ccc2[nH]c(C)cc2c1.Cc1ccc2[nH]c(C)cc2c1.Cc1ccc2c(C)c[nH]c2c1.Cc1ccc2c(C)c[nH]c2n1.Cc1ccc2cc(C)ccc2c1.Cc1ccc2cc(C)sc2c1.Cc1ccc2cc(C)sc2n1.Cc1ccc2sc(C)cc2c1.Cc1ccc2sc(C)cc2n1.Cc1cnc2[nH]c(C)cc2c1.Cc1cnc2cc(C)sc2c1. The summed E-state index contributed by atoms with van der Waals surface area (Å²) in [6, 6.07) is 86.1. The van der Waals surface area contributed by atoms with E-state index in [0.29, 0.717) is 0 Å².